The summed E-state index contributed by atoms with van der Waals surface area (Å²) < 4.78 is 30.4. The largest absolute Gasteiger partial charge is 0.456 e. The third kappa shape index (κ3) is 5.17. The van der Waals surface area contributed by atoms with Crippen molar-refractivity contribution in [2.24, 2.45) is 0 Å². The molecule has 1 amide bonds. The number of Topliss-reactive ketones (excluding diaryl/α,β-unsaturated/α-hetero) is 1. The summed E-state index contributed by atoms with van der Waals surface area (Å²) in [7, 11) is 0. The Kier molecular flexibility index (Phi) is 7.24. The van der Waals surface area contributed by atoms with Crippen LogP contribution >= 0.6 is 15.9 Å². The van der Waals surface area contributed by atoms with E-state index in [9.17, 15) is 23.6 Å². The third-order valence-corrected chi connectivity index (χ3v) is 6.95. The number of rotatable bonds is 6. The standard InChI is InChI=1S/C28H21BrFNO7/c29-20-13-25-19(12-21(20)30)26(33)18-11-17(8-9-24(18)38-25)23(32)15-36-27(34)22-7-4-10-31(22)28(35)37-14-16-5-2-1-3-6-16/h1-3,5-6,8-9,11-13,22H,4,7,10,14-15H2/t22-/m0/s1. The lowest BCUT2D eigenvalue weighted by Gasteiger charge is -2.22. The van der Waals surface area contributed by atoms with E-state index in [1.165, 1.54) is 29.2 Å². The van der Waals surface area contributed by atoms with Gasteiger partial charge in [-0.25, -0.2) is 14.0 Å². The summed E-state index contributed by atoms with van der Waals surface area (Å²) in [5.41, 5.74) is 0.882. The van der Waals surface area contributed by atoms with Crippen LogP contribution in [0.3, 0.4) is 0 Å². The van der Waals surface area contributed by atoms with Crippen LogP contribution in [0.25, 0.3) is 21.9 Å². The number of nitrogens with zero attached hydrogens (tertiary/aromatic N) is 1. The molecule has 10 heteroatoms. The summed E-state index contributed by atoms with van der Waals surface area (Å²) in [5, 5.41) is 0.134. The van der Waals surface area contributed by atoms with Gasteiger partial charge in [0.2, 0.25) is 5.43 Å². The molecule has 0 N–H and O–H groups in total. The van der Waals surface area contributed by atoms with E-state index in [0.717, 1.165) is 11.6 Å². The molecule has 0 radical (unpaired) electrons. The van der Waals surface area contributed by atoms with Gasteiger partial charge in [0.1, 0.15) is 29.6 Å². The predicted molar refractivity (Wildman–Crippen MR) is 139 cm³/mol. The van der Waals surface area contributed by atoms with E-state index in [1.54, 1.807) is 0 Å². The van der Waals surface area contributed by atoms with Crippen molar-refractivity contribution in [2.75, 3.05) is 13.2 Å². The molecule has 5 rings (SSSR count). The van der Waals surface area contributed by atoms with Gasteiger partial charge in [-0.2, -0.15) is 0 Å². The van der Waals surface area contributed by atoms with Gasteiger partial charge in [0.15, 0.2) is 12.4 Å². The van der Waals surface area contributed by atoms with Crippen LogP contribution in [0.15, 0.2) is 74.3 Å². The fourth-order valence-corrected chi connectivity index (χ4v) is 4.69. The number of esters is 1. The molecule has 0 spiro atoms. The summed E-state index contributed by atoms with van der Waals surface area (Å²) in [5.74, 6) is -1.87. The number of carbonyl (C=O) groups excluding carboxylic acids is 3. The molecule has 1 atom stereocenters. The summed E-state index contributed by atoms with van der Waals surface area (Å²) in [6.45, 7) is -0.160. The summed E-state index contributed by atoms with van der Waals surface area (Å²) in [6.07, 6.45) is 0.362. The first-order valence-corrected chi connectivity index (χ1v) is 12.6. The molecule has 0 bridgehead atoms. The number of likely N-dealkylation sites (tertiary alicyclic amines) is 1. The number of amides is 1. The van der Waals surface area contributed by atoms with Crippen LogP contribution in [0, 0.1) is 5.82 Å². The number of benzene rings is 3. The molecule has 38 heavy (non-hydrogen) atoms. The Morgan fingerprint density at radius 1 is 1.00 bits per heavy atom. The number of halogens is 2. The number of fused-ring (bicyclic) bond motifs is 2. The molecule has 1 aliphatic heterocycles. The third-order valence-electron chi connectivity index (χ3n) is 6.34. The van der Waals surface area contributed by atoms with Crippen molar-refractivity contribution < 1.29 is 32.7 Å². The summed E-state index contributed by atoms with van der Waals surface area (Å²) >= 11 is 3.07. The predicted octanol–water partition coefficient (Wildman–Crippen LogP) is 5.37. The van der Waals surface area contributed by atoms with Gasteiger partial charge >= 0.3 is 12.1 Å². The Morgan fingerprint density at radius 2 is 1.76 bits per heavy atom. The molecule has 1 aliphatic rings. The van der Waals surface area contributed by atoms with Gasteiger partial charge in [0.05, 0.1) is 15.2 Å². The Balaban J connectivity index is 1.25. The average Bonchev–Trinajstić information content (AvgIpc) is 3.42. The Labute approximate surface area is 224 Å². The topological polar surface area (TPSA) is 103 Å². The zero-order valence-electron chi connectivity index (χ0n) is 19.9. The van der Waals surface area contributed by atoms with E-state index in [-0.39, 0.29) is 38.6 Å². The minimum atomic E-state index is -0.852. The maximum absolute atomic E-state index is 14.0. The van der Waals surface area contributed by atoms with Crippen molar-refractivity contribution in [2.45, 2.75) is 25.5 Å². The minimum Gasteiger partial charge on any atom is -0.456 e. The molecule has 4 aromatic rings. The van der Waals surface area contributed by atoms with Gasteiger partial charge in [0.25, 0.3) is 0 Å². The zero-order valence-corrected chi connectivity index (χ0v) is 21.5. The lowest BCUT2D eigenvalue weighted by atomic mass is 10.1. The molecule has 194 valence electrons. The number of ether oxygens (including phenoxy) is 2. The molecule has 2 heterocycles. The average molecular weight is 582 g/mol. The van der Waals surface area contributed by atoms with Crippen LogP contribution in [-0.2, 0) is 20.9 Å². The van der Waals surface area contributed by atoms with E-state index in [2.05, 4.69) is 15.9 Å². The second kappa shape index (κ2) is 10.7. The van der Waals surface area contributed by atoms with E-state index in [1.807, 2.05) is 30.3 Å². The second-order valence-corrected chi connectivity index (χ2v) is 9.68. The maximum Gasteiger partial charge on any atom is 0.410 e. The van der Waals surface area contributed by atoms with Gasteiger partial charge in [-0.3, -0.25) is 14.5 Å². The van der Waals surface area contributed by atoms with E-state index in [0.29, 0.717) is 19.4 Å². The highest BCUT2D eigenvalue weighted by Gasteiger charge is 2.36. The quantitative estimate of drug-likeness (QED) is 0.171. The van der Waals surface area contributed by atoms with Crippen LogP contribution < -0.4 is 5.43 Å². The molecular formula is C28H21BrFNO7. The van der Waals surface area contributed by atoms with E-state index in [4.69, 9.17) is 13.9 Å². The zero-order chi connectivity index (χ0) is 26.8. The number of hydrogen-bond donors (Lipinski definition) is 0. The lowest BCUT2D eigenvalue weighted by molar-refractivity contribution is -0.147. The van der Waals surface area contributed by atoms with Crippen LogP contribution in [0.4, 0.5) is 9.18 Å². The molecule has 1 saturated heterocycles. The Bertz CT molecular complexity index is 1620. The van der Waals surface area contributed by atoms with Gasteiger partial charge in [-0.15, -0.1) is 0 Å². The molecule has 1 fully saturated rings. The van der Waals surface area contributed by atoms with Gasteiger partial charge in [0, 0.05) is 12.1 Å². The summed E-state index contributed by atoms with van der Waals surface area (Å²) in [6, 6.07) is 15.0. The Morgan fingerprint density at radius 3 is 2.55 bits per heavy atom. The van der Waals surface area contributed by atoms with Crippen molar-refractivity contribution in [1.29, 1.82) is 0 Å². The monoisotopic (exact) mass is 581 g/mol. The SMILES string of the molecule is O=C(COC(=O)[C@@H]1CCCN1C(=O)OCc1ccccc1)c1ccc2oc3cc(Br)c(F)cc3c(=O)c2c1. The van der Waals surface area contributed by atoms with Crippen molar-refractivity contribution in [3.8, 4) is 0 Å². The van der Waals surface area contributed by atoms with E-state index >= 15 is 0 Å². The van der Waals surface area contributed by atoms with Crippen molar-refractivity contribution in [3.63, 3.8) is 0 Å². The van der Waals surface area contributed by atoms with Crippen LogP contribution in [-0.4, -0.2) is 41.9 Å². The molecule has 0 saturated carbocycles. The first-order chi connectivity index (χ1) is 18.3. The summed E-state index contributed by atoms with van der Waals surface area (Å²) in [4.78, 5) is 52.3. The molecule has 8 nitrogen and oxygen atoms in total. The molecule has 1 aromatic heterocycles. The highest BCUT2D eigenvalue weighted by atomic mass is 79.9. The Hall–Kier alpha value is -4.05. The first-order valence-electron chi connectivity index (χ1n) is 11.8. The van der Waals surface area contributed by atoms with Gasteiger partial charge < -0.3 is 13.9 Å². The van der Waals surface area contributed by atoms with E-state index < -0.39 is 41.7 Å². The van der Waals surface area contributed by atoms with Crippen LogP contribution in [0.2, 0.25) is 0 Å². The highest BCUT2D eigenvalue weighted by Crippen LogP contribution is 2.25. The normalized spacial score (nSPS) is 15.1. The van der Waals surface area contributed by atoms with Gasteiger partial charge in [-0.1, -0.05) is 30.3 Å². The first kappa shape index (κ1) is 25.6. The fraction of sp³-hybridized carbons (Fsp3) is 0.214. The number of carbonyl (C=O) groups is 3. The maximum atomic E-state index is 14.0. The minimum absolute atomic E-state index is 0.0368. The van der Waals surface area contributed by atoms with Crippen LogP contribution in [0.5, 0.6) is 0 Å². The van der Waals surface area contributed by atoms with Crippen molar-refractivity contribution in [3.05, 3.63) is 92.3 Å². The fourth-order valence-electron chi connectivity index (χ4n) is 4.37. The van der Waals surface area contributed by atoms with Crippen LogP contribution in [0.1, 0.15) is 28.8 Å². The number of ketones is 1. The molecular weight excluding hydrogens is 561 g/mol. The lowest BCUT2D eigenvalue weighted by Crippen LogP contribution is -2.42. The smallest absolute Gasteiger partial charge is 0.410 e. The van der Waals surface area contributed by atoms with Crippen molar-refractivity contribution >= 4 is 55.7 Å². The van der Waals surface area contributed by atoms with Crippen molar-refractivity contribution in [1.82, 2.24) is 4.90 Å². The molecule has 0 unspecified atom stereocenters. The highest BCUT2D eigenvalue weighted by molar-refractivity contribution is 9.10. The number of hydrogen-bond acceptors (Lipinski definition) is 7. The molecule has 3 aromatic carbocycles. The van der Waals surface area contributed by atoms with Gasteiger partial charge in [-0.05, 0) is 64.7 Å². The molecule has 0 aliphatic carbocycles. The second-order valence-electron chi connectivity index (χ2n) is 8.83.